The maximum atomic E-state index is 14.2. The van der Waals surface area contributed by atoms with Crippen LogP contribution in [0.1, 0.15) is 91.6 Å². The minimum absolute atomic E-state index is 0.106. The monoisotopic (exact) mass is 896 g/mol. The van der Waals surface area contributed by atoms with E-state index in [9.17, 15) is 40.5 Å². The number of rotatable bonds is 20. The van der Waals surface area contributed by atoms with Gasteiger partial charge in [0.1, 0.15) is 47.4 Å². The number of aryl methyl sites for hydroxylation is 4. The first kappa shape index (κ1) is 48.7. The Morgan fingerprint density at radius 1 is 0.677 bits per heavy atom. The van der Waals surface area contributed by atoms with E-state index in [2.05, 4.69) is 0 Å². The van der Waals surface area contributed by atoms with Crippen molar-refractivity contribution in [3.63, 3.8) is 0 Å². The van der Waals surface area contributed by atoms with Crippen LogP contribution >= 0.6 is 0 Å². The zero-order valence-corrected chi connectivity index (χ0v) is 38.0. The molecule has 0 radical (unpaired) electrons. The lowest BCUT2D eigenvalue weighted by Crippen LogP contribution is -2.31. The number of carbonyl (C=O) groups excluding carboxylic acids is 1. The summed E-state index contributed by atoms with van der Waals surface area (Å²) in [4.78, 5) is 14.2. The Morgan fingerprint density at radius 2 is 1.32 bits per heavy atom. The Hall–Kier alpha value is -5.71. The van der Waals surface area contributed by atoms with Crippen molar-refractivity contribution in [2.75, 3.05) is 47.8 Å². The number of phenols is 1. The maximum absolute atomic E-state index is 14.2. The van der Waals surface area contributed by atoms with Crippen LogP contribution in [0.15, 0.2) is 72.8 Å². The molecule has 7 atom stereocenters. The van der Waals surface area contributed by atoms with Crippen LogP contribution in [0.3, 0.4) is 0 Å². The molecule has 1 aliphatic rings. The Morgan fingerprint density at radius 3 is 1.92 bits per heavy atom. The number of aliphatic hydroxyl groups is 6. The lowest BCUT2D eigenvalue weighted by atomic mass is 9.89. The van der Waals surface area contributed by atoms with Crippen LogP contribution in [0.5, 0.6) is 34.5 Å². The lowest BCUT2D eigenvalue weighted by molar-refractivity contribution is -0.0424. The Balaban J connectivity index is 1.27. The van der Waals surface area contributed by atoms with Crippen molar-refractivity contribution in [1.82, 2.24) is 0 Å². The van der Waals surface area contributed by atoms with Gasteiger partial charge in [-0.3, -0.25) is 4.79 Å². The van der Waals surface area contributed by atoms with Gasteiger partial charge in [-0.1, -0.05) is 25.1 Å². The van der Waals surface area contributed by atoms with Crippen LogP contribution in [0, 0.1) is 27.7 Å². The summed E-state index contributed by atoms with van der Waals surface area (Å²) in [5, 5.41) is 75.1. The van der Waals surface area contributed by atoms with Gasteiger partial charge in [0.25, 0.3) is 0 Å². The van der Waals surface area contributed by atoms with E-state index < -0.39 is 62.2 Å². The molecule has 0 spiro atoms. The average Bonchev–Trinajstić information content (AvgIpc) is 3.68. The summed E-state index contributed by atoms with van der Waals surface area (Å²) in [6, 6.07) is 20.4. The van der Waals surface area contributed by atoms with Gasteiger partial charge in [-0.05, 0) is 133 Å². The molecule has 14 heteroatoms. The summed E-state index contributed by atoms with van der Waals surface area (Å²) in [6.45, 7) is 7.29. The number of hydrogen-bond acceptors (Lipinski definition) is 14. The molecule has 1 aliphatic heterocycles. The van der Waals surface area contributed by atoms with Crippen molar-refractivity contribution >= 4 is 5.78 Å². The highest BCUT2D eigenvalue weighted by atomic mass is 16.5. The molecule has 7 unspecified atom stereocenters. The molecule has 5 aromatic carbocycles. The van der Waals surface area contributed by atoms with Crippen LogP contribution in [-0.4, -0.2) is 108 Å². The van der Waals surface area contributed by atoms with E-state index in [1.165, 1.54) is 14.2 Å². The van der Waals surface area contributed by atoms with E-state index >= 15 is 0 Å². The molecular formula is C51H60O14. The number of fused-ring (bicyclic) bond motifs is 1. The number of aliphatic hydroxyl groups excluding tert-OH is 6. The smallest absolute Gasteiger partial charge is 0.205 e. The van der Waals surface area contributed by atoms with Crippen molar-refractivity contribution in [3.8, 4) is 45.6 Å². The number of phenolic OH excluding ortho intramolecular Hbond substituents is 1. The van der Waals surface area contributed by atoms with Crippen molar-refractivity contribution in [3.05, 3.63) is 128 Å². The van der Waals surface area contributed by atoms with E-state index in [0.29, 0.717) is 68.4 Å². The molecule has 0 aliphatic carbocycles. The molecule has 0 aromatic heterocycles. The van der Waals surface area contributed by atoms with Gasteiger partial charge in [-0.15, -0.1) is 0 Å². The minimum Gasteiger partial charge on any atom is -0.507 e. The van der Waals surface area contributed by atoms with Crippen molar-refractivity contribution in [2.24, 2.45) is 0 Å². The second-order valence-electron chi connectivity index (χ2n) is 16.4. The molecule has 14 nitrogen and oxygen atoms in total. The molecule has 0 saturated carbocycles. The Kier molecular flexibility index (Phi) is 15.8. The minimum atomic E-state index is -1.39. The van der Waals surface area contributed by atoms with Crippen LogP contribution in [-0.2, 0) is 11.2 Å². The van der Waals surface area contributed by atoms with Gasteiger partial charge in [0.15, 0.2) is 23.7 Å². The van der Waals surface area contributed by atoms with Crippen LogP contribution in [0.4, 0.5) is 0 Å². The summed E-state index contributed by atoms with van der Waals surface area (Å²) in [5.41, 5.74) is 6.59. The SMILES string of the molecule is CCc1c(OC)cc(C(=O)C(CO)Oc2ccc(C(O)C(CO)OC)cc2C)cc1-c1cc(C(O)C(CO)Oc2ccc(C3Oc4c(OC)cc(C)cc4C3CO)cc2C)cc(C)c1O. The van der Waals surface area contributed by atoms with Crippen LogP contribution < -0.4 is 23.7 Å². The summed E-state index contributed by atoms with van der Waals surface area (Å²) in [6.07, 6.45) is -5.91. The Labute approximate surface area is 379 Å². The summed E-state index contributed by atoms with van der Waals surface area (Å²) < 4.78 is 35.2. The van der Waals surface area contributed by atoms with Gasteiger partial charge in [-0.25, -0.2) is 0 Å². The summed E-state index contributed by atoms with van der Waals surface area (Å²) >= 11 is 0. The molecule has 1 heterocycles. The molecule has 0 amide bonds. The molecule has 0 bridgehead atoms. The molecular weight excluding hydrogens is 837 g/mol. The van der Waals surface area contributed by atoms with Gasteiger partial charge in [0.05, 0.1) is 46.6 Å². The summed E-state index contributed by atoms with van der Waals surface area (Å²) in [5.74, 6) is 1.20. The predicted octanol–water partition coefficient (Wildman–Crippen LogP) is 6.22. The standard InChI is InChI=1S/C51H60O14/c1-9-34-35(19-33(21-41(34)60-6)49(59)45(25-55)63-39-12-10-30(16-27(39)3)47(57)43(23-53)62-8)36-20-32(18-29(5)46(36)56)48(58)44(24-54)64-40-13-11-31(17-28(40)4)50-38(22-52)37-14-26(2)15-42(61-7)51(37)65-50/h10-21,38,43-45,47-48,50,52-58H,9,22-25H2,1-8H3. The third-order valence-electron chi connectivity index (χ3n) is 12.1. The maximum Gasteiger partial charge on any atom is 0.205 e. The Bertz CT molecular complexity index is 2480. The third kappa shape index (κ3) is 9.94. The second-order valence-corrected chi connectivity index (χ2v) is 16.4. The number of ketones is 1. The normalized spacial score (nSPS) is 16.8. The first-order chi connectivity index (χ1) is 31.2. The lowest BCUT2D eigenvalue weighted by Gasteiger charge is -2.26. The van der Waals surface area contributed by atoms with Crippen LogP contribution in [0.2, 0.25) is 0 Å². The van der Waals surface area contributed by atoms with E-state index in [1.54, 1.807) is 69.5 Å². The molecule has 7 N–H and O–H groups in total. The second kappa shape index (κ2) is 21.1. The topological polar surface area (TPSA) is 214 Å². The number of benzene rings is 5. The van der Waals surface area contributed by atoms with Crippen molar-refractivity contribution in [1.29, 1.82) is 0 Å². The van der Waals surface area contributed by atoms with Crippen molar-refractivity contribution < 1.29 is 69.0 Å². The molecule has 5 aromatic rings. The highest BCUT2D eigenvalue weighted by Gasteiger charge is 2.38. The first-order valence-electron chi connectivity index (χ1n) is 21.5. The fourth-order valence-electron chi connectivity index (χ4n) is 8.53. The predicted molar refractivity (Wildman–Crippen MR) is 243 cm³/mol. The molecule has 0 fully saturated rings. The number of carbonyl (C=O) groups is 1. The van der Waals surface area contributed by atoms with Crippen LogP contribution in [0.25, 0.3) is 11.1 Å². The molecule has 65 heavy (non-hydrogen) atoms. The van der Waals surface area contributed by atoms with E-state index in [4.69, 9.17) is 28.4 Å². The van der Waals surface area contributed by atoms with E-state index in [1.807, 2.05) is 45.0 Å². The van der Waals surface area contributed by atoms with E-state index in [0.717, 1.165) is 16.7 Å². The molecule has 0 saturated heterocycles. The fourth-order valence-corrected chi connectivity index (χ4v) is 8.53. The number of aromatic hydroxyl groups is 1. The number of hydrogen-bond donors (Lipinski definition) is 7. The zero-order valence-electron chi connectivity index (χ0n) is 38.0. The third-order valence-corrected chi connectivity index (χ3v) is 12.1. The van der Waals surface area contributed by atoms with Gasteiger partial charge in [0.2, 0.25) is 5.78 Å². The fraction of sp³-hybridized carbons (Fsp3) is 0.392. The van der Waals surface area contributed by atoms with Gasteiger partial charge in [0, 0.05) is 29.4 Å². The molecule has 348 valence electrons. The summed E-state index contributed by atoms with van der Waals surface area (Å²) in [7, 11) is 4.42. The number of Topliss-reactive ketones (excluding diaryl/α,β-unsaturated/α-hetero) is 1. The average molecular weight is 897 g/mol. The largest absolute Gasteiger partial charge is 0.507 e. The number of methoxy groups -OCH3 is 3. The van der Waals surface area contributed by atoms with E-state index in [-0.39, 0.29) is 35.2 Å². The van der Waals surface area contributed by atoms with Gasteiger partial charge in [-0.2, -0.15) is 0 Å². The zero-order chi connectivity index (χ0) is 47.3. The highest BCUT2D eigenvalue weighted by molar-refractivity contribution is 6.02. The quantitative estimate of drug-likeness (QED) is 0.0433. The highest BCUT2D eigenvalue weighted by Crippen LogP contribution is 2.51. The first-order valence-corrected chi connectivity index (χ1v) is 21.5. The van der Waals surface area contributed by atoms with Gasteiger partial charge < -0.3 is 64.2 Å². The van der Waals surface area contributed by atoms with Gasteiger partial charge >= 0.3 is 0 Å². The number of ether oxygens (including phenoxy) is 6. The van der Waals surface area contributed by atoms with Crippen molar-refractivity contribution in [2.45, 2.75) is 83.6 Å². The molecule has 6 rings (SSSR count).